The second-order valence-electron chi connectivity index (χ2n) is 4.46. The Hall–Kier alpha value is -0.170. The predicted molar refractivity (Wildman–Crippen MR) is 69.5 cm³/mol. The number of hydrogen-bond acceptors (Lipinski definition) is 3. The van der Waals surface area contributed by atoms with Gasteiger partial charge in [-0.25, -0.2) is 18.1 Å². The van der Waals surface area contributed by atoms with Crippen LogP contribution in [-0.4, -0.2) is 18.9 Å². The third kappa shape index (κ3) is 2.81. The largest absolute Gasteiger partial charge is 0.244 e. The molecule has 1 aromatic rings. The molecule has 1 fully saturated rings. The zero-order valence-electron chi connectivity index (χ0n) is 9.20. The molecule has 1 N–H and O–H groups in total. The van der Waals surface area contributed by atoms with Crippen molar-refractivity contribution in [3.8, 4) is 0 Å². The van der Waals surface area contributed by atoms with Crippen molar-refractivity contribution in [3.05, 3.63) is 21.9 Å². The van der Waals surface area contributed by atoms with E-state index in [2.05, 4.69) is 25.6 Å². The fraction of sp³-hybridized carbons (Fsp3) is 0.500. The summed E-state index contributed by atoms with van der Waals surface area (Å²) in [5.41, 5.74) is -0.343. The monoisotopic (exact) mass is 338 g/mol. The molecule has 0 radical (unpaired) electrons. The number of hydrogen-bond donors (Lipinski definition) is 1. The van der Waals surface area contributed by atoms with Crippen LogP contribution in [0.3, 0.4) is 0 Å². The van der Waals surface area contributed by atoms with E-state index >= 15 is 0 Å². The summed E-state index contributed by atoms with van der Waals surface area (Å²) in [5.74, 6) is 0. The molecule has 0 aromatic carbocycles. The highest BCUT2D eigenvalue weighted by Crippen LogP contribution is 2.33. The first-order chi connectivity index (χ1) is 7.82. The summed E-state index contributed by atoms with van der Waals surface area (Å²) in [5, 5.41) is -0.0105. The second kappa shape index (κ2) is 4.50. The van der Waals surface area contributed by atoms with E-state index < -0.39 is 10.0 Å². The molecule has 1 aromatic heterocycles. The molecule has 0 bridgehead atoms. The van der Waals surface area contributed by atoms with E-state index in [1.165, 1.54) is 12.3 Å². The maximum atomic E-state index is 12.2. The van der Waals surface area contributed by atoms with E-state index in [1.54, 1.807) is 0 Å². The van der Waals surface area contributed by atoms with Crippen molar-refractivity contribution in [1.82, 2.24) is 9.71 Å². The summed E-state index contributed by atoms with van der Waals surface area (Å²) in [6.45, 7) is 1.90. The van der Waals surface area contributed by atoms with Gasteiger partial charge in [0.1, 0.15) is 10.0 Å². The normalized spacial score (nSPS) is 18.8. The zero-order valence-corrected chi connectivity index (χ0v) is 12.4. The van der Waals surface area contributed by atoms with Gasteiger partial charge in [0, 0.05) is 16.2 Å². The molecular weight excluding hydrogens is 328 g/mol. The highest BCUT2D eigenvalue weighted by Gasteiger charge is 2.37. The van der Waals surface area contributed by atoms with Crippen molar-refractivity contribution in [1.29, 1.82) is 0 Å². The minimum Gasteiger partial charge on any atom is -0.242 e. The standard InChI is InChI=1S/C10H12BrClN2O2S/c1-10(3-2-4-10)14-17(15,16)8-5-7(11)6-13-9(8)12/h5-6,14H,2-4H2,1H3. The van der Waals surface area contributed by atoms with Crippen molar-refractivity contribution in [3.63, 3.8) is 0 Å². The number of nitrogens with zero attached hydrogens (tertiary/aromatic N) is 1. The summed E-state index contributed by atoms with van der Waals surface area (Å²) in [4.78, 5) is 3.83. The van der Waals surface area contributed by atoms with Crippen molar-refractivity contribution >= 4 is 37.6 Å². The first-order valence-electron chi connectivity index (χ1n) is 5.17. The second-order valence-corrected chi connectivity index (χ2v) is 7.39. The molecule has 1 aliphatic rings. The highest BCUT2D eigenvalue weighted by molar-refractivity contribution is 9.10. The molecule has 0 aliphatic heterocycles. The first-order valence-corrected chi connectivity index (χ1v) is 7.83. The fourth-order valence-corrected chi connectivity index (χ4v) is 4.19. The van der Waals surface area contributed by atoms with Gasteiger partial charge in [-0.05, 0) is 48.2 Å². The van der Waals surface area contributed by atoms with Gasteiger partial charge in [0.05, 0.1) is 0 Å². The highest BCUT2D eigenvalue weighted by atomic mass is 79.9. The Morgan fingerprint density at radius 3 is 2.71 bits per heavy atom. The van der Waals surface area contributed by atoms with Crippen molar-refractivity contribution in [2.24, 2.45) is 0 Å². The van der Waals surface area contributed by atoms with Crippen LogP contribution >= 0.6 is 27.5 Å². The SMILES string of the molecule is CC1(NS(=O)(=O)c2cc(Br)cnc2Cl)CCC1. The molecule has 7 heteroatoms. The molecule has 0 spiro atoms. The quantitative estimate of drug-likeness (QED) is 0.861. The van der Waals surface area contributed by atoms with Gasteiger partial charge in [-0.15, -0.1) is 0 Å². The van der Waals surface area contributed by atoms with Gasteiger partial charge in [0.25, 0.3) is 0 Å². The van der Waals surface area contributed by atoms with Crippen LogP contribution < -0.4 is 4.72 Å². The van der Waals surface area contributed by atoms with Gasteiger partial charge >= 0.3 is 0 Å². The van der Waals surface area contributed by atoms with Crippen LogP contribution in [0.5, 0.6) is 0 Å². The Bertz CT molecular complexity index is 543. The summed E-state index contributed by atoms with van der Waals surface area (Å²) in [7, 11) is -3.61. The van der Waals surface area contributed by atoms with Crippen LogP contribution in [0.4, 0.5) is 0 Å². The van der Waals surface area contributed by atoms with Gasteiger partial charge in [-0.3, -0.25) is 0 Å². The van der Waals surface area contributed by atoms with Crippen LogP contribution in [0.2, 0.25) is 5.15 Å². The maximum absolute atomic E-state index is 12.2. The van der Waals surface area contributed by atoms with Crippen LogP contribution in [0.25, 0.3) is 0 Å². The minimum absolute atomic E-state index is 0.0105. The Labute approximate surface area is 114 Å². The van der Waals surface area contributed by atoms with E-state index in [0.717, 1.165) is 19.3 Å². The molecule has 1 heterocycles. The van der Waals surface area contributed by atoms with Gasteiger partial charge < -0.3 is 0 Å². The van der Waals surface area contributed by atoms with Crippen LogP contribution in [0.1, 0.15) is 26.2 Å². The molecule has 0 amide bonds. The smallest absolute Gasteiger partial charge is 0.242 e. The van der Waals surface area contributed by atoms with Crippen molar-refractivity contribution in [2.75, 3.05) is 0 Å². The minimum atomic E-state index is -3.61. The topological polar surface area (TPSA) is 59.1 Å². The molecule has 1 saturated carbocycles. The zero-order chi connectivity index (χ0) is 12.7. The van der Waals surface area contributed by atoms with E-state index in [9.17, 15) is 8.42 Å². The van der Waals surface area contributed by atoms with Gasteiger partial charge in [-0.2, -0.15) is 0 Å². The number of rotatable bonds is 3. The van der Waals surface area contributed by atoms with Gasteiger partial charge in [0.15, 0.2) is 0 Å². The number of pyridine rings is 1. The lowest BCUT2D eigenvalue weighted by atomic mass is 9.80. The van der Waals surface area contributed by atoms with Gasteiger partial charge in [0.2, 0.25) is 10.0 Å². The summed E-state index contributed by atoms with van der Waals surface area (Å²) in [6.07, 6.45) is 4.21. The third-order valence-corrected chi connectivity index (χ3v) is 5.40. The van der Waals surface area contributed by atoms with Crippen molar-refractivity contribution in [2.45, 2.75) is 36.6 Å². The molecule has 0 unspecified atom stereocenters. The molecule has 1 aliphatic carbocycles. The fourth-order valence-electron chi connectivity index (χ4n) is 1.78. The number of halogens is 2. The number of sulfonamides is 1. The molecule has 0 atom stereocenters. The molecule has 17 heavy (non-hydrogen) atoms. The Morgan fingerprint density at radius 2 is 2.18 bits per heavy atom. The van der Waals surface area contributed by atoms with E-state index in [-0.39, 0.29) is 15.6 Å². The lowest BCUT2D eigenvalue weighted by molar-refractivity contribution is 0.248. The average molecular weight is 340 g/mol. The first kappa shape index (κ1) is 13.3. The molecule has 4 nitrogen and oxygen atoms in total. The molecular formula is C10H12BrClN2O2S. The summed E-state index contributed by atoms with van der Waals surface area (Å²) >= 11 is 9.01. The van der Waals surface area contributed by atoms with E-state index in [4.69, 9.17) is 11.6 Å². The maximum Gasteiger partial charge on any atom is 0.244 e. The lowest BCUT2D eigenvalue weighted by Crippen LogP contribution is -2.50. The van der Waals surface area contributed by atoms with Crippen LogP contribution in [0, 0.1) is 0 Å². The van der Waals surface area contributed by atoms with Crippen LogP contribution in [-0.2, 0) is 10.0 Å². The Morgan fingerprint density at radius 1 is 1.53 bits per heavy atom. The Balaban J connectivity index is 2.34. The molecule has 0 saturated heterocycles. The van der Waals surface area contributed by atoms with Gasteiger partial charge in [-0.1, -0.05) is 11.6 Å². The van der Waals surface area contributed by atoms with Crippen molar-refractivity contribution < 1.29 is 8.42 Å². The number of aromatic nitrogens is 1. The van der Waals surface area contributed by atoms with E-state index in [0.29, 0.717) is 4.47 Å². The summed E-state index contributed by atoms with van der Waals surface area (Å²) < 4.78 is 27.6. The lowest BCUT2D eigenvalue weighted by Gasteiger charge is -2.38. The predicted octanol–water partition coefficient (Wildman–Crippen LogP) is 2.72. The summed E-state index contributed by atoms with van der Waals surface area (Å²) in [6, 6.07) is 1.46. The third-order valence-electron chi connectivity index (χ3n) is 2.90. The van der Waals surface area contributed by atoms with Crippen LogP contribution in [0.15, 0.2) is 21.6 Å². The van der Waals surface area contributed by atoms with E-state index in [1.807, 2.05) is 6.92 Å². The average Bonchev–Trinajstić information content (AvgIpc) is 2.18. The molecule has 94 valence electrons. The number of nitrogens with one attached hydrogen (secondary N) is 1. The Kier molecular flexibility index (Phi) is 3.51. The molecule has 2 rings (SSSR count).